The summed E-state index contributed by atoms with van der Waals surface area (Å²) in [6.45, 7) is 5.98. The predicted molar refractivity (Wildman–Crippen MR) is 105 cm³/mol. The van der Waals surface area contributed by atoms with Crippen molar-refractivity contribution in [2.24, 2.45) is 0 Å². The molecule has 3 heterocycles. The maximum absolute atomic E-state index is 12.6. The summed E-state index contributed by atoms with van der Waals surface area (Å²) >= 11 is 0. The number of hydrogen-bond acceptors (Lipinski definition) is 6. The second kappa shape index (κ2) is 7.94. The highest BCUT2D eigenvalue weighted by molar-refractivity contribution is 5.91. The number of aryl methyl sites for hydroxylation is 2. The number of likely N-dealkylation sites (N-methyl/N-ethyl adjacent to an activating group) is 1. The molecule has 1 amide bonds. The Morgan fingerprint density at radius 2 is 2.07 bits per heavy atom. The van der Waals surface area contributed by atoms with Crippen LogP contribution >= 0.6 is 0 Å². The van der Waals surface area contributed by atoms with Crippen LogP contribution in [0.15, 0.2) is 36.5 Å². The Balaban J connectivity index is 1.33. The van der Waals surface area contributed by atoms with Gasteiger partial charge in [0.15, 0.2) is 23.3 Å². The largest absolute Gasteiger partial charge is 0.486 e. The third-order valence-electron chi connectivity index (χ3n) is 4.81. The van der Waals surface area contributed by atoms with Crippen molar-refractivity contribution in [1.82, 2.24) is 29.7 Å². The number of fused-ring (bicyclic) bond motifs is 1. The van der Waals surface area contributed by atoms with Crippen LogP contribution in [0, 0.1) is 13.8 Å². The Hall–Kier alpha value is -3.36. The first kappa shape index (κ1) is 19.0. The fraction of sp³-hybridized carbons (Fsp3) is 0.400. The van der Waals surface area contributed by atoms with Crippen LogP contribution in [-0.4, -0.2) is 61.9 Å². The van der Waals surface area contributed by atoms with E-state index in [9.17, 15) is 4.79 Å². The van der Waals surface area contributed by atoms with Crippen LogP contribution in [0.3, 0.4) is 0 Å². The van der Waals surface area contributed by atoms with Crippen molar-refractivity contribution in [1.29, 1.82) is 0 Å². The van der Waals surface area contributed by atoms with Gasteiger partial charge in [-0.15, -0.1) is 5.10 Å². The highest BCUT2D eigenvalue weighted by Crippen LogP contribution is 2.31. The zero-order valence-electron chi connectivity index (χ0n) is 16.8. The molecule has 1 aliphatic rings. The molecule has 0 N–H and O–H groups in total. The first-order valence-electron chi connectivity index (χ1n) is 9.55. The van der Waals surface area contributed by atoms with E-state index >= 15 is 0 Å². The number of para-hydroxylation sites is 2. The summed E-state index contributed by atoms with van der Waals surface area (Å²) in [5.74, 6) is 1.27. The van der Waals surface area contributed by atoms with Gasteiger partial charge in [0, 0.05) is 19.3 Å². The molecule has 0 radical (unpaired) electrons. The maximum atomic E-state index is 12.6. The fourth-order valence-corrected chi connectivity index (χ4v) is 3.29. The lowest BCUT2D eigenvalue weighted by atomic mass is 10.2. The van der Waals surface area contributed by atoms with Crippen LogP contribution in [0.4, 0.5) is 0 Å². The lowest BCUT2D eigenvalue weighted by Gasteiger charge is -2.26. The molecule has 9 heteroatoms. The van der Waals surface area contributed by atoms with Gasteiger partial charge in [-0.2, -0.15) is 5.10 Å². The number of carbonyl (C=O) groups excluding carboxylic acids is 1. The summed E-state index contributed by atoms with van der Waals surface area (Å²) in [5.41, 5.74) is 2.35. The van der Waals surface area contributed by atoms with Crippen molar-refractivity contribution in [2.45, 2.75) is 33.0 Å². The average molecular weight is 396 g/mol. The summed E-state index contributed by atoms with van der Waals surface area (Å²) in [5, 5.41) is 12.5. The molecule has 1 aliphatic heterocycles. The predicted octanol–water partition coefficient (Wildman–Crippen LogP) is 1.70. The molecule has 0 fully saturated rings. The number of ether oxygens (including phenoxy) is 2. The molecule has 1 aromatic carbocycles. The second-order valence-electron chi connectivity index (χ2n) is 7.20. The lowest BCUT2D eigenvalue weighted by molar-refractivity contribution is 0.0752. The van der Waals surface area contributed by atoms with Crippen LogP contribution in [0.2, 0.25) is 0 Å². The van der Waals surface area contributed by atoms with E-state index in [1.54, 1.807) is 22.8 Å². The van der Waals surface area contributed by atoms with E-state index in [2.05, 4.69) is 15.4 Å². The number of aromatic nitrogens is 5. The maximum Gasteiger partial charge on any atom is 0.275 e. The molecule has 1 atom stereocenters. The third-order valence-corrected chi connectivity index (χ3v) is 4.81. The molecule has 0 aliphatic carbocycles. The van der Waals surface area contributed by atoms with Crippen molar-refractivity contribution in [3.63, 3.8) is 0 Å². The van der Waals surface area contributed by atoms with Crippen molar-refractivity contribution in [3.8, 4) is 11.5 Å². The number of rotatable bonds is 6. The topological polar surface area (TPSA) is 87.3 Å². The molecule has 4 rings (SSSR count). The Morgan fingerprint density at radius 3 is 2.83 bits per heavy atom. The van der Waals surface area contributed by atoms with Crippen LogP contribution in [0.5, 0.6) is 11.5 Å². The SMILES string of the molecule is Cc1cc(C)n(CCN(C)C(=O)c2cn(CC3COc4ccccc4O3)nn2)n1. The molecule has 2 aromatic heterocycles. The third kappa shape index (κ3) is 4.23. The minimum Gasteiger partial charge on any atom is -0.486 e. The van der Waals surface area contributed by atoms with E-state index in [0.717, 1.165) is 17.1 Å². The number of hydrogen-bond donors (Lipinski definition) is 0. The van der Waals surface area contributed by atoms with Crippen molar-refractivity contribution in [2.75, 3.05) is 20.2 Å². The second-order valence-corrected chi connectivity index (χ2v) is 7.20. The van der Waals surface area contributed by atoms with E-state index in [1.165, 1.54) is 0 Å². The summed E-state index contributed by atoms with van der Waals surface area (Å²) in [4.78, 5) is 14.3. The van der Waals surface area contributed by atoms with Gasteiger partial charge in [0.1, 0.15) is 6.61 Å². The van der Waals surface area contributed by atoms with Gasteiger partial charge in [-0.05, 0) is 32.0 Å². The molecule has 29 heavy (non-hydrogen) atoms. The Kier molecular flexibility index (Phi) is 5.20. The van der Waals surface area contributed by atoms with Crippen LogP contribution in [0.25, 0.3) is 0 Å². The first-order chi connectivity index (χ1) is 14.0. The highest BCUT2D eigenvalue weighted by Gasteiger charge is 2.23. The number of amides is 1. The van der Waals surface area contributed by atoms with Gasteiger partial charge in [-0.1, -0.05) is 17.3 Å². The summed E-state index contributed by atoms with van der Waals surface area (Å²) in [6, 6.07) is 9.57. The minimum atomic E-state index is -0.196. The summed E-state index contributed by atoms with van der Waals surface area (Å²) < 4.78 is 15.2. The van der Waals surface area contributed by atoms with E-state index in [1.807, 2.05) is 48.9 Å². The van der Waals surface area contributed by atoms with E-state index < -0.39 is 0 Å². The van der Waals surface area contributed by atoms with Gasteiger partial charge in [-0.3, -0.25) is 9.48 Å². The molecule has 0 spiro atoms. The molecule has 3 aromatic rings. The van der Waals surface area contributed by atoms with Gasteiger partial charge < -0.3 is 14.4 Å². The van der Waals surface area contributed by atoms with Gasteiger partial charge in [0.2, 0.25) is 0 Å². The quantitative estimate of drug-likeness (QED) is 0.630. The fourth-order valence-electron chi connectivity index (χ4n) is 3.29. The minimum absolute atomic E-state index is 0.177. The highest BCUT2D eigenvalue weighted by atomic mass is 16.6. The monoisotopic (exact) mass is 396 g/mol. The molecular weight excluding hydrogens is 372 g/mol. The molecular formula is C20H24N6O3. The van der Waals surface area contributed by atoms with E-state index in [-0.39, 0.29) is 12.0 Å². The van der Waals surface area contributed by atoms with E-state index in [0.29, 0.717) is 37.7 Å². The lowest BCUT2D eigenvalue weighted by Crippen LogP contribution is -2.33. The first-order valence-corrected chi connectivity index (χ1v) is 9.55. The van der Waals surface area contributed by atoms with Crippen molar-refractivity contribution < 1.29 is 14.3 Å². The summed E-state index contributed by atoms with van der Waals surface area (Å²) in [6.07, 6.45) is 1.45. The number of carbonyl (C=O) groups is 1. The smallest absolute Gasteiger partial charge is 0.275 e. The van der Waals surface area contributed by atoms with E-state index in [4.69, 9.17) is 9.47 Å². The normalized spacial score (nSPS) is 15.3. The van der Waals surface area contributed by atoms with Gasteiger partial charge in [0.25, 0.3) is 5.91 Å². The summed E-state index contributed by atoms with van der Waals surface area (Å²) in [7, 11) is 1.75. The standard InChI is InChI=1S/C20H24N6O3/c1-14-10-15(2)26(22-14)9-8-24(3)20(27)17-12-25(23-21-17)11-16-13-28-18-6-4-5-7-19(18)29-16/h4-7,10,12,16H,8-9,11,13H2,1-3H3. The van der Waals surface area contributed by atoms with Crippen molar-refractivity contribution in [3.05, 3.63) is 53.6 Å². The van der Waals surface area contributed by atoms with Crippen molar-refractivity contribution >= 4 is 5.91 Å². The Bertz CT molecular complexity index is 1010. The Morgan fingerprint density at radius 1 is 1.28 bits per heavy atom. The number of nitrogens with zero attached hydrogens (tertiary/aromatic N) is 6. The Labute approximate surface area is 168 Å². The molecule has 0 saturated heterocycles. The molecule has 152 valence electrons. The molecule has 0 saturated carbocycles. The zero-order valence-corrected chi connectivity index (χ0v) is 16.8. The molecule has 1 unspecified atom stereocenters. The van der Waals surface area contributed by atoms with Gasteiger partial charge in [-0.25, -0.2) is 4.68 Å². The van der Waals surface area contributed by atoms with Gasteiger partial charge >= 0.3 is 0 Å². The zero-order chi connectivity index (χ0) is 20.4. The molecule has 0 bridgehead atoms. The molecule has 9 nitrogen and oxygen atoms in total. The average Bonchev–Trinajstić information content (AvgIpc) is 3.31. The number of benzene rings is 1. The van der Waals surface area contributed by atoms with Crippen LogP contribution < -0.4 is 9.47 Å². The van der Waals surface area contributed by atoms with Crippen LogP contribution in [-0.2, 0) is 13.1 Å². The van der Waals surface area contributed by atoms with Crippen LogP contribution in [0.1, 0.15) is 21.9 Å². The van der Waals surface area contributed by atoms with Gasteiger partial charge in [0.05, 0.1) is 25.0 Å².